The first-order chi connectivity index (χ1) is 14.4. The third-order valence-corrected chi connectivity index (χ3v) is 4.14. The van der Waals surface area contributed by atoms with E-state index in [1.165, 1.54) is 6.08 Å². The molecular formula is C24H25NO5. The van der Waals surface area contributed by atoms with E-state index in [1.54, 1.807) is 31.2 Å². The van der Waals surface area contributed by atoms with Gasteiger partial charge >= 0.3 is 11.9 Å². The van der Waals surface area contributed by atoms with Crippen molar-refractivity contribution in [3.8, 4) is 17.6 Å². The van der Waals surface area contributed by atoms with E-state index in [0.717, 1.165) is 16.9 Å². The molecule has 0 heterocycles. The van der Waals surface area contributed by atoms with Gasteiger partial charge in [0.15, 0.2) is 0 Å². The number of aryl methyl sites for hydroxylation is 2. The van der Waals surface area contributed by atoms with Gasteiger partial charge in [-0.25, -0.2) is 4.79 Å². The van der Waals surface area contributed by atoms with Crippen LogP contribution in [0, 0.1) is 25.2 Å². The first kappa shape index (κ1) is 22.7. The Bertz CT molecular complexity index is 972. The molecule has 0 radical (unpaired) electrons. The van der Waals surface area contributed by atoms with Gasteiger partial charge < -0.3 is 14.2 Å². The number of hydrogen-bond acceptors (Lipinski definition) is 6. The van der Waals surface area contributed by atoms with Crippen LogP contribution in [0.2, 0.25) is 0 Å². The van der Waals surface area contributed by atoms with E-state index in [9.17, 15) is 9.59 Å². The maximum Gasteiger partial charge on any atom is 0.348 e. The van der Waals surface area contributed by atoms with E-state index in [4.69, 9.17) is 19.5 Å². The highest BCUT2D eigenvalue weighted by molar-refractivity contribution is 5.97. The van der Waals surface area contributed by atoms with Gasteiger partial charge in [0.1, 0.15) is 23.1 Å². The van der Waals surface area contributed by atoms with E-state index in [0.29, 0.717) is 24.3 Å². The van der Waals surface area contributed by atoms with Crippen molar-refractivity contribution in [1.82, 2.24) is 0 Å². The summed E-state index contributed by atoms with van der Waals surface area (Å²) in [6.07, 6.45) is 2.12. The zero-order valence-corrected chi connectivity index (χ0v) is 17.4. The van der Waals surface area contributed by atoms with Gasteiger partial charge in [-0.15, -0.1) is 0 Å². The summed E-state index contributed by atoms with van der Waals surface area (Å²) in [5.41, 5.74) is 2.60. The predicted molar refractivity (Wildman–Crippen MR) is 113 cm³/mol. The number of benzene rings is 2. The molecule has 0 unspecified atom stereocenters. The topological polar surface area (TPSA) is 85.6 Å². The number of nitrogens with zero attached hydrogens (tertiary/aromatic N) is 1. The predicted octanol–water partition coefficient (Wildman–Crippen LogP) is 4.54. The van der Waals surface area contributed by atoms with Gasteiger partial charge in [-0.3, -0.25) is 4.79 Å². The Morgan fingerprint density at radius 1 is 1.13 bits per heavy atom. The molecule has 0 spiro atoms. The number of ether oxygens (including phenoxy) is 3. The molecule has 6 nitrogen and oxygen atoms in total. The van der Waals surface area contributed by atoms with Crippen molar-refractivity contribution in [3.05, 3.63) is 64.7 Å². The van der Waals surface area contributed by atoms with Crippen LogP contribution in [0.1, 0.15) is 36.5 Å². The summed E-state index contributed by atoms with van der Waals surface area (Å²) in [6, 6.07) is 14.4. The minimum atomic E-state index is -0.689. The van der Waals surface area contributed by atoms with Gasteiger partial charge in [-0.05, 0) is 68.2 Å². The summed E-state index contributed by atoms with van der Waals surface area (Å²) in [4.78, 5) is 23.8. The number of rotatable bonds is 9. The van der Waals surface area contributed by atoms with Crippen molar-refractivity contribution in [2.24, 2.45) is 0 Å². The molecule has 0 bridgehead atoms. The van der Waals surface area contributed by atoms with Crippen LogP contribution in [0.5, 0.6) is 11.5 Å². The fourth-order valence-corrected chi connectivity index (χ4v) is 2.62. The second-order valence-corrected chi connectivity index (χ2v) is 6.66. The summed E-state index contributed by atoms with van der Waals surface area (Å²) in [5.74, 6) is 0.0842. The molecule has 2 aromatic carbocycles. The summed E-state index contributed by atoms with van der Waals surface area (Å²) in [6.45, 7) is 6.24. The molecule has 0 saturated heterocycles. The summed E-state index contributed by atoms with van der Waals surface area (Å²) >= 11 is 0. The third-order valence-electron chi connectivity index (χ3n) is 4.14. The monoisotopic (exact) mass is 407 g/mol. The van der Waals surface area contributed by atoms with Crippen LogP contribution < -0.4 is 9.47 Å². The quantitative estimate of drug-likeness (QED) is 0.199. The molecule has 6 heteroatoms. The van der Waals surface area contributed by atoms with Crippen LogP contribution in [0.4, 0.5) is 0 Å². The summed E-state index contributed by atoms with van der Waals surface area (Å²) in [7, 11) is 0. The Hall–Kier alpha value is -3.59. The van der Waals surface area contributed by atoms with Gasteiger partial charge in [-0.1, -0.05) is 24.3 Å². The molecule has 0 aliphatic rings. The molecule has 0 amide bonds. The number of carbonyl (C=O) groups excluding carboxylic acids is 2. The van der Waals surface area contributed by atoms with Gasteiger partial charge in [0.05, 0.1) is 13.2 Å². The average molecular weight is 407 g/mol. The second kappa shape index (κ2) is 11.4. The zero-order chi connectivity index (χ0) is 21.9. The maximum absolute atomic E-state index is 12.1. The Balaban J connectivity index is 1.88. The molecule has 2 rings (SSSR count). The minimum absolute atomic E-state index is 0.121. The van der Waals surface area contributed by atoms with Crippen molar-refractivity contribution in [2.75, 3.05) is 13.2 Å². The van der Waals surface area contributed by atoms with Gasteiger partial charge in [0, 0.05) is 6.42 Å². The molecule has 0 aliphatic heterocycles. The first-order valence-corrected chi connectivity index (χ1v) is 9.72. The average Bonchev–Trinajstić information content (AvgIpc) is 2.72. The lowest BCUT2D eigenvalue weighted by atomic mass is 10.1. The standard InChI is InChI=1S/C24H25NO5/c1-4-28-24(27)20(16-25)14-19-7-5-8-21(15-19)30-23(26)9-6-12-29-22-13-17(2)10-11-18(22)3/h5,7-8,10-11,13-15H,4,6,9,12H2,1-3H3/b20-14+. The van der Waals surface area contributed by atoms with Crippen molar-refractivity contribution < 1.29 is 23.8 Å². The van der Waals surface area contributed by atoms with Crippen molar-refractivity contribution in [1.29, 1.82) is 5.26 Å². The second-order valence-electron chi connectivity index (χ2n) is 6.66. The van der Waals surface area contributed by atoms with Gasteiger partial charge in [0.2, 0.25) is 0 Å². The van der Waals surface area contributed by atoms with E-state index in [-0.39, 0.29) is 24.6 Å². The fourth-order valence-electron chi connectivity index (χ4n) is 2.62. The number of esters is 2. The van der Waals surface area contributed by atoms with Crippen LogP contribution in [-0.4, -0.2) is 25.2 Å². The normalized spacial score (nSPS) is 10.8. The van der Waals surface area contributed by atoms with Crippen LogP contribution in [0.15, 0.2) is 48.0 Å². The SMILES string of the molecule is CCOC(=O)/C(C#N)=C/c1cccc(OC(=O)CCCOc2cc(C)ccc2C)c1. The van der Waals surface area contributed by atoms with Gasteiger partial charge in [0.25, 0.3) is 0 Å². The number of carbonyl (C=O) groups is 2. The smallest absolute Gasteiger partial charge is 0.348 e. The highest BCUT2D eigenvalue weighted by Gasteiger charge is 2.11. The highest BCUT2D eigenvalue weighted by Crippen LogP contribution is 2.20. The molecule has 0 aromatic heterocycles. The molecule has 0 atom stereocenters. The van der Waals surface area contributed by atoms with Crippen molar-refractivity contribution in [3.63, 3.8) is 0 Å². The Morgan fingerprint density at radius 2 is 1.93 bits per heavy atom. The molecule has 0 aliphatic carbocycles. The van der Waals surface area contributed by atoms with Crippen LogP contribution >= 0.6 is 0 Å². The fraction of sp³-hybridized carbons (Fsp3) is 0.292. The highest BCUT2D eigenvalue weighted by atomic mass is 16.5. The lowest BCUT2D eigenvalue weighted by molar-refractivity contribution is -0.138. The third kappa shape index (κ3) is 7.10. The largest absolute Gasteiger partial charge is 0.493 e. The molecular weight excluding hydrogens is 382 g/mol. The van der Waals surface area contributed by atoms with E-state index in [1.807, 2.05) is 38.1 Å². The Labute approximate surface area is 176 Å². The summed E-state index contributed by atoms with van der Waals surface area (Å²) in [5, 5.41) is 9.12. The van der Waals surface area contributed by atoms with E-state index >= 15 is 0 Å². The van der Waals surface area contributed by atoms with Crippen LogP contribution in [0.3, 0.4) is 0 Å². The lowest BCUT2D eigenvalue weighted by Gasteiger charge is -2.10. The van der Waals surface area contributed by atoms with Gasteiger partial charge in [-0.2, -0.15) is 5.26 Å². The Morgan fingerprint density at radius 3 is 2.67 bits per heavy atom. The van der Waals surface area contributed by atoms with E-state index < -0.39 is 5.97 Å². The van der Waals surface area contributed by atoms with Crippen LogP contribution in [0.25, 0.3) is 6.08 Å². The first-order valence-electron chi connectivity index (χ1n) is 9.72. The van der Waals surface area contributed by atoms with E-state index in [2.05, 4.69) is 0 Å². The molecule has 2 aromatic rings. The number of nitriles is 1. The maximum atomic E-state index is 12.1. The Kier molecular flexibility index (Phi) is 8.64. The van der Waals surface area contributed by atoms with Crippen LogP contribution in [-0.2, 0) is 14.3 Å². The molecule has 0 N–H and O–H groups in total. The van der Waals surface area contributed by atoms with Crippen molar-refractivity contribution in [2.45, 2.75) is 33.6 Å². The lowest BCUT2D eigenvalue weighted by Crippen LogP contribution is -2.10. The minimum Gasteiger partial charge on any atom is -0.493 e. The summed E-state index contributed by atoms with van der Waals surface area (Å²) < 4.78 is 15.9. The molecule has 0 fully saturated rings. The zero-order valence-electron chi connectivity index (χ0n) is 17.4. The van der Waals surface area contributed by atoms with Crippen molar-refractivity contribution >= 4 is 18.0 Å². The molecule has 156 valence electrons. The molecule has 0 saturated carbocycles. The molecule has 30 heavy (non-hydrogen) atoms. The number of hydrogen-bond donors (Lipinski definition) is 0.